The molecule has 0 spiro atoms. The Balaban J connectivity index is 2.03. The van der Waals surface area contributed by atoms with E-state index in [0.717, 1.165) is 23.7 Å². The Hall–Kier alpha value is -0.630. The number of hydrogen-bond acceptors (Lipinski definition) is 2. The van der Waals surface area contributed by atoms with Crippen molar-refractivity contribution in [2.24, 2.45) is 0 Å². The highest BCUT2D eigenvalue weighted by Crippen LogP contribution is 2.29. The van der Waals surface area contributed by atoms with Crippen molar-refractivity contribution in [2.75, 3.05) is 11.5 Å². The normalized spacial score (nSPS) is 16.9. The lowest BCUT2D eigenvalue weighted by molar-refractivity contribution is 0.240. The van der Waals surface area contributed by atoms with E-state index in [1.54, 1.807) is 0 Å². The molecule has 0 aromatic heterocycles. The van der Waals surface area contributed by atoms with Crippen molar-refractivity contribution in [2.45, 2.75) is 38.7 Å². The third-order valence-electron chi connectivity index (χ3n) is 3.43. The van der Waals surface area contributed by atoms with E-state index in [9.17, 15) is 0 Å². The van der Waals surface area contributed by atoms with Crippen LogP contribution in [-0.2, 0) is 5.41 Å². The van der Waals surface area contributed by atoms with Crippen molar-refractivity contribution in [3.05, 3.63) is 29.8 Å². The second-order valence-electron chi connectivity index (χ2n) is 5.04. The molecule has 1 fully saturated rings. The summed E-state index contributed by atoms with van der Waals surface area (Å²) in [4.78, 5) is 0. The first-order valence-electron chi connectivity index (χ1n) is 5.97. The fourth-order valence-corrected chi connectivity index (χ4v) is 2.23. The summed E-state index contributed by atoms with van der Waals surface area (Å²) in [5.41, 5.74) is 1.66. The lowest BCUT2D eigenvalue weighted by Crippen LogP contribution is -2.31. The van der Waals surface area contributed by atoms with Gasteiger partial charge in [-0.15, -0.1) is 0 Å². The molecule has 1 aliphatic heterocycles. The molecule has 2 heteroatoms. The van der Waals surface area contributed by atoms with Gasteiger partial charge in [0.05, 0.1) is 0 Å². The van der Waals surface area contributed by atoms with Crippen molar-refractivity contribution >= 4 is 11.8 Å². The molecule has 0 unspecified atom stereocenters. The molecule has 2 rings (SSSR count). The largest absolute Gasteiger partial charge is 0.489 e. The van der Waals surface area contributed by atoms with E-state index in [4.69, 9.17) is 4.74 Å². The Morgan fingerprint density at radius 1 is 1.25 bits per heavy atom. The number of thioether (sulfide) groups is 1. The summed E-state index contributed by atoms with van der Waals surface area (Å²) < 4.78 is 5.83. The molecule has 1 nitrogen and oxygen atoms in total. The highest BCUT2D eigenvalue weighted by atomic mass is 32.2. The lowest BCUT2D eigenvalue weighted by Gasteiger charge is -2.27. The van der Waals surface area contributed by atoms with Gasteiger partial charge >= 0.3 is 0 Å². The van der Waals surface area contributed by atoms with Gasteiger partial charge in [-0.3, -0.25) is 0 Å². The van der Waals surface area contributed by atoms with Crippen LogP contribution in [0.4, 0.5) is 0 Å². The molecule has 88 valence electrons. The quantitative estimate of drug-likeness (QED) is 0.785. The van der Waals surface area contributed by atoms with E-state index in [1.807, 2.05) is 11.8 Å². The van der Waals surface area contributed by atoms with E-state index >= 15 is 0 Å². The van der Waals surface area contributed by atoms with Crippen LogP contribution in [0.25, 0.3) is 0 Å². The molecular weight excluding hydrogens is 216 g/mol. The summed E-state index contributed by atoms with van der Waals surface area (Å²) in [5.74, 6) is 3.30. The van der Waals surface area contributed by atoms with Crippen LogP contribution in [0.5, 0.6) is 5.75 Å². The van der Waals surface area contributed by atoms with Gasteiger partial charge in [-0.1, -0.05) is 32.9 Å². The molecule has 0 N–H and O–H groups in total. The average Bonchev–Trinajstić information content (AvgIpc) is 2.24. The van der Waals surface area contributed by atoms with E-state index in [0.29, 0.717) is 6.10 Å². The fourth-order valence-electron chi connectivity index (χ4n) is 1.66. The predicted molar refractivity (Wildman–Crippen MR) is 71.5 cm³/mol. The van der Waals surface area contributed by atoms with Crippen molar-refractivity contribution < 1.29 is 4.74 Å². The molecule has 0 atom stereocenters. The lowest BCUT2D eigenvalue weighted by atomic mass is 9.82. The Kier molecular flexibility index (Phi) is 3.48. The second kappa shape index (κ2) is 4.70. The molecule has 1 heterocycles. The molecule has 16 heavy (non-hydrogen) atoms. The maximum atomic E-state index is 5.83. The Labute approximate surface area is 103 Å². The third kappa shape index (κ3) is 2.54. The first-order chi connectivity index (χ1) is 7.62. The first kappa shape index (κ1) is 11.8. The van der Waals surface area contributed by atoms with Gasteiger partial charge < -0.3 is 4.74 Å². The van der Waals surface area contributed by atoms with Gasteiger partial charge in [0.1, 0.15) is 11.9 Å². The monoisotopic (exact) mass is 236 g/mol. The summed E-state index contributed by atoms with van der Waals surface area (Å²) in [6, 6.07) is 8.61. The van der Waals surface area contributed by atoms with Gasteiger partial charge in [-0.2, -0.15) is 11.8 Å². The molecule has 0 radical (unpaired) electrons. The van der Waals surface area contributed by atoms with E-state index < -0.39 is 0 Å². The van der Waals surface area contributed by atoms with E-state index in [-0.39, 0.29) is 5.41 Å². The van der Waals surface area contributed by atoms with Gasteiger partial charge in [0.15, 0.2) is 0 Å². The van der Waals surface area contributed by atoms with Crippen molar-refractivity contribution in [1.82, 2.24) is 0 Å². The number of hydrogen-bond donors (Lipinski definition) is 0. The van der Waals surface area contributed by atoms with E-state index in [2.05, 4.69) is 45.0 Å². The van der Waals surface area contributed by atoms with Gasteiger partial charge in [-0.25, -0.2) is 0 Å². The molecule has 0 amide bonds. The Morgan fingerprint density at radius 3 is 2.31 bits per heavy atom. The number of ether oxygens (including phenoxy) is 1. The van der Waals surface area contributed by atoms with Crippen LogP contribution in [0.3, 0.4) is 0 Å². The van der Waals surface area contributed by atoms with Gasteiger partial charge in [0.2, 0.25) is 0 Å². The molecule has 1 aromatic rings. The van der Waals surface area contributed by atoms with Crippen molar-refractivity contribution in [3.8, 4) is 5.75 Å². The maximum Gasteiger partial charge on any atom is 0.119 e. The van der Waals surface area contributed by atoms with Crippen LogP contribution >= 0.6 is 11.8 Å². The Bertz CT molecular complexity index is 338. The molecule has 0 saturated carbocycles. The molecule has 0 aliphatic carbocycles. The maximum absolute atomic E-state index is 5.83. The average molecular weight is 236 g/mol. The minimum Gasteiger partial charge on any atom is -0.489 e. The molecule has 1 aliphatic rings. The minimum absolute atomic E-state index is 0.269. The highest BCUT2D eigenvalue weighted by molar-refractivity contribution is 8.00. The van der Waals surface area contributed by atoms with Gasteiger partial charge in [0.25, 0.3) is 0 Å². The van der Waals surface area contributed by atoms with Gasteiger partial charge in [0, 0.05) is 11.5 Å². The molecule has 1 saturated heterocycles. The zero-order chi connectivity index (χ0) is 11.6. The summed E-state index contributed by atoms with van der Waals surface area (Å²) in [7, 11) is 0. The summed E-state index contributed by atoms with van der Waals surface area (Å²) in [6.07, 6.45) is 1.60. The van der Waals surface area contributed by atoms with Crippen LogP contribution in [0.2, 0.25) is 0 Å². The topological polar surface area (TPSA) is 9.23 Å². The smallest absolute Gasteiger partial charge is 0.119 e. The zero-order valence-corrected chi connectivity index (χ0v) is 11.1. The third-order valence-corrected chi connectivity index (χ3v) is 4.64. The second-order valence-corrected chi connectivity index (χ2v) is 6.11. The molecular formula is C14H20OS. The SMILES string of the molecule is CCC(C)(C)c1ccc(OC2CSC2)cc1. The van der Waals surface area contributed by atoms with Crippen LogP contribution in [0, 0.1) is 0 Å². The highest BCUT2D eigenvalue weighted by Gasteiger charge is 2.21. The van der Waals surface area contributed by atoms with E-state index in [1.165, 1.54) is 5.56 Å². The standard InChI is InChI=1S/C14H20OS/c1-4-14(2,3)11-5-7-12(8-6-11)15-13-9-16-10-13/h5-8,13H,4,9-10H2,1-3H3. The first-order valence-corrected chi connectivity index (χ1v) is 7.12. The summed E-state index contributed by atoms with van der Waals surface area (Å²) in [5, 5.41) is 0. The minimum atomic E-state index is 0.269. The fraction of sp³-hybridized carbons (Fsp3) is 0.571. The van der Waals surface area contributed by atoms with Crippen LogP contribution in [0.15, 0.2) is 24.3 Å². The van der Waals surface area contributed by atoms with Crippen LogP contribution < -0.4 is 4.74 Å². The molecule has 1 aromatic carbocycles. The Morgan fingerprint density at radius 2 is 1.88 bits per heavy atom. The van der Waals surface area contributed by atoms with Crippen LogP contribution in [0.1, 0.15) is 32.8 Å². The number of rotatable bonds is 4. The zero-order valence-electron chi connectivity index (χ0n) is 10.3. The summed E-state index contributed by atoms with van der Waals surface area (Å²) >= 11 is 1.95. The predicted octanol–water partition coefficient (Wildman–Crippen LogP) is 3.87. The van der Waals surface area contributed by atoms with Crippen molar-refractivity contribution in [1.29, 1.82) is 0 Å². The van der Waals surface area contributed by atoms with Crippen LogP contribution in [-0.4, -0.2) is 17.6 Å². The van der Waals surface area contributed by atoms with Gasteiger partial charge in [-0.05, 0) is 29.5 Å². The number of benzene rings is 1. The summed E-state index contributed by atoms with van der Waals surface area (Å²) in [6.45, 7) is 6.80. The molecule has 0 bridgehead atoms. The van der Waals surface area contributed by atoms with Crippen molar-refractivity contribution in [3.63, 3.8) is 0 Å².